The Balaban J connectivity index is 1.30. The molecule has 2 N–H and O–H groups in total. The molecule has 0 bridgehead atoms. The lowest BCUT2D eigenvalue weighted by Gasteiger charge is -2.18. The van der Waals surface area contributed by atoms with Gasteiger partial charge < -0.3 is 15.2 Å². The highest BCUT2D eigenvalue weighted by Crippen LogP contribution is 2.44. The summed E-state index contributed by atoms with van der Waals surface area (Å²) in [6, 6.07) is 20.4. The fourth-order valence-electron chi connectivity index (χ4n) is 4.56. The Labute approximate surface area is 195 Å². The Morgan fingerprint density at radius 3 is 2.35 bits per heavy atom. The molecule has 0 radical (unpaired) electrons. The fourth-order valence-corrected chi connectivity index (χ4v) is 4.56. The van der Waals surface area contributed by atoms with Gasteiger partial charge in [0.15, 0.2) is 0 Å². The number of ether oxygens (including phenoxy) is 1. The molecule has 1 aromatic heterocycles. The zero-order valence-corrected chi connectivity index (χ0v) is 18.1. The van der Waals surface area contributed by atoms with E-state index in [1.165, 1.54) is 24.4 Å². The first kappa shape index (κ1) is 21.6. The molecule has 1 atom stereocenters. The van der Waals surface area contributed by atoms with Crippen LogP contribution < -0.4 is 5.32 Å². The van der Waals surface area contributed by atoms with Gasteiger partial charge in [-0.05, 0) is 52.1 Å². The summed E-state index contributed by atoms with van der Waals surface area (Å²) in [6.07, 6.45) is 0.669. The van der Waals surface area contributed by atoms with Gasteiger partial charge in [0, 0.05) is 23.9 Å². The molecule has 0 unspecified atom stereocenters. The second-order valence-electron chi connectivity index (χ2n) is 8.20. The number of benzene rings is 3. The Morgan fingerprint density at radius 1 is 1.00 bits per heavy atom. The number of aliphatic carboxylic acids is 1. The van der Waals surface area contributed by atoms with Crippen molar-refractivity contribution >= 4 is 23.0 Å². The molecular weight excluding hydrogens is 435 g/mol. The third-order valence-corrected chi connectivity index (χ3v) is 6.15. The number of nitrogens with one attached hydrogen (secondary N) is 1. The van der Waals surface area contributed by atoms with Crippen LogP contribution in [-0.2, 0) is 16.0 Å². The van der Waals surface area contributed by atoms with Crippen LogP contribution in [0.25, 0.3) is 22.0 Å². The summed E-state index contributed by atoms with van der Waals surface area (Å²) in [5.74, 6) is -1.79. The van der Waals surface area contributed by atoms with E-state index >= 15 is 0 Å². The standard InChI is InChI=1S/C27H21FN2O4/c28-17-9-10-24-22(14-17)16(11-12-29-24)13-25(26(31)32)30-27(33)34-15-23-20-7-3-1-5-18(20)19-6-2-4-8-21(19)23/h1-12,14,23,25H,13,15H2,(H,30,33)(H,31,32)/t25-/m0/s1. The molecule has 0 saturated heterocycles. The second kappa shape index (κ2) is 8.94. The zero-order valence-electron chi connectivity index (χ0n) is 18.1. The van der Waals surface area contributed by atoms with Crippen LogP contribution in [0.15, 0.2) is 79.0 Å². The summed E-state index contributed by atoms with van der Waals surface area (Å²) in [5, 5.41) is 12.6. The van der Waals surface area contributed by atoms with E-state index in [-0.39, 0.29) is 18.9 Å². The Kier molecular flexibility index (Phi) is 5.67. The summed E-state index contributed by atoms with van der Waals surface area (Å²) in [6.45, 7) is 0.0790. The topological polar surface area (TPSA) is 88.5 Å². The average Bonchev–Trinajstić information content (AvgIpc) is 3.16. The van der Waals surface area contributed by atoms with Crippen LogP contribution in [-0.4, -0.2) is 34.8 Å². The molecule has 170 valence electrons. The molecule has 0 spiro atoms. The van der Waals surface area contributed by atoms with Crippen LogP contribution in [0.5, 0.6) is 0 Å². The highest BCUT2D eigenvalue weighted by Gasteiger charge is 2.30. The first-order valence-electron chi connectivity index (χ1n) is 10.9. The number of fused-ring (bicyclic) bond motifs is 4. The molecule has 0 saturated carbocycles. The maximum absolute atomic E-state index is 13.7. The largest absolute Gasteiger partial charge is 0.480 e. The normalized spacial score (nSPS) is 13.2. The molecule has 1 heterocycles. The number of carboxylic acid groups (broad SMARTS) is 1. The first-order valence-corrected chi connectivity index (χ1v) is 10.9. The van der Waals surface area contributed by atoms with Gasteiger partial charge in [0.25, 0.3) is 0 Å². The number of hydrogen-bond acceptors (Lipinski definition) is 4. The van der Waals surface area contributed by atoms with Crippen molar-refractivity contribution in [1.29, 1.82) is 0 Å². The van der Waals surface area contributed by atoms with E-state index in [4.69, 9.17) is 4.74 Å². The van der Waals surface area contributed by atoms with E-state index in [1.807, 2.05) is 48.5 Å². The van der Waals surface area contributed by atoms with Gasteiger partial charge in [-0.2, -0.15) is 0 Å². The summed E-state index contributed by atoms with van der Waals surface area (Å²) in [5.41, 5.74) is 5.45. The molecular formula is C27H21FN2O4. The average molecular weight is 456 g/mol. The SMILES string of the molecule is O=C(N[C@@H](Cc1ccnc2ccc(F)cc12)C(=O)O)OCC1c2ccccc2-c2ccccc21. The van der Waals surface area contributed by atoms with Crippen LogP contribution in [0, 0.1) is 5.82 Å². The third kappa shape index (κ3) is 4.08. The van der Waals surface area contributed by atoms with Gasteiger partial charge in [0.05, 0.1) is 5.52 Å². The summed E-state index contributed by atoms with van der Waals surface area (Å²) in [4.78, 5) is 28.6. The lowest BCUT2D eigenvalue weighted by atomic mass is 9.98. The fraction of sp³-hybridized carbons (Fsp3) is 0.148. The molecule has 0 fully saturated rings. The summed E-state index contributed by atoms with van der Waals surface area (Å²) < 4.78 is 19.2. The van der Waals surface area contributed by atoms with Crippen molar-refractivity contribution in [2.24, 2.45) is 0 Å². The predicted molar refractivity (Wildman–Crippen MR) is 125 cm³/mol. The number of alkyl carbamates (subject to hydrolysis) is 1. The summed E-state index contributed by atoms with van der Waals surface area (Å²) in [7, 11) is 0. The number of rotatable bonds is 6. The highest BCUT2D eigenvalue weighted by molar-refractivity contribution is 5.85. The van der Waals surface area contributed by atoms with Crippen molar-refractivity contribution in [1.82, 2.24) is 10.3 Å². The van der Waals surface area contributed by atoms with Crippen LogP contribution in [0.2, 0.25) is 0 Å². The maximum atomic E-state index is 13.7. The number of nitrogens with zero attached hydrogens (tertiary/aromatic N) is 1. The third-order valence-electron chi connectivity index (χ3n) is 6.15. The number of carbonyl (C=O) groups is 2. The van der Waals surface area contributed by atoms with Crippen LogP contribution in [0.1, 0.15) is 22.6 Å². The van der Waals surface area contributed by atoms with Crippen molar-refractivity contribution in [3.63, 3.8) is 0 Å². The lowest BCUT2D eigenvalue weighted by molar-refractivity contribution is -0.139. The Morgan fingerprint density at radius 2 is 1.68 bits per heavy atom. The van der Waals surface area contributed by atoms with Crippen molar-refractivity contribution < 1.29 is 23.8 Å². The quantitative estimate of drug-likeness (QED) is 0.431. The van der Waals surface area contributed by atoms with Crippen LogP contribution in [0.3, 0.4) is 0 Å². The van der Waals surface area contributed by atoms with Crippen molar-refractivity contribution in [2.45, 2.75) is 18.4 Å². The minimum absolute atomic E-state index is 0.0397. The van der Waals surface area contributed by atoms with Crippen molar-refractivity contribution in [2.75, 3.05) is 6.61 Å². The van der Waals surface area contributed by atoms with Gasteiger partial charge in [0.1, 0.15) is 18.5 Å². The first-order chi connectivity index (χ1) is 16.5. The molecule has 6 nitrogen and oxygen atoms in total. The number of hydrogen-bond donors (Lipinski definition) is 2. The molecule has 1 amide bonds. The minimum atomic E-state index is -1.25. The number of aromatic nitrogens is 1. The molecule has 0 aliphatic heterocycles. The smallest absolute Gasteiger partial charge is 0.407 e. The number of halogens is 1. The van der Waals surface area contributed by atoms with E-state index < -0.39 is 23.9 Å². The van der Waals surface area contributed by atoms with Gasteiger partial charge in [-0.15, -0.1) is 0 Å². The predicted octanol–water partition coefficient (Wildman–Crippen LogP) is 4.91. The molecule has 1 aliphatic rings. The van der Waals surface area contributed by atoms with Gasteiger partial charge in [-0.25, -0.2) is 14.0 Å². The molecule has 5 rings (SSSR count). The van der Waals surface area contributed by atoms with Gasteiger partial charge in [-0.1, -0.05) is 48.5 Å². The van der Waals surface area contributed by atoms with E-state index in [0.717, 1.165) is 22.3 Å². The number of pyridine rings is 1. The molecule has 34 heavy (non-hydrogen) atoms. The lowest BCUT2D eigenvalue weighted by Crippen LogP contribution is -2.43. The van der Waals surface area contributed by atoms with Crippen LogP contribution in [0.4, 0.5) is 9.18 Å². The van der Waals surface area contributed by atoms with E-state index in [2.05, 4.69) is 10.3 Å². The number of amides is 1. The van der Waals surface area contributed by atoms with E-state index in [9.17, 15) is 19.1 Å². The molecule has 7 heteroatoms. The molecule has 1 aliphatic carbocycles. The second-order valence-corrected chi connectivity index (χ2v) is 8.20. The van der Waals surface area contributed by atoms with Gasteiger partial charge in [-0.3, -0.25) is 4.98 Å². The Hall–Kier alpha value is -4.26. The molecule has 3 aromatic carbocycles. The Bertz CT molecular complexity index is 1360. The minimum Gasteiger partial charge on any atom is -0.480 e. The number of carboxylic acids is 1. The maximum Gasteiger partial charge on any atom is 0.407 e. The summed E-state index contributed by atoms with van der Waals surface area (Å²) >= 11 is 0. The van der Waals surface area contributed by atoms with Gasteiger partial charge >= 0.3 is 12.1 Å². The highest BCUT2D eigenvalue weighted by atomic mass is 19.1. The monoisotopic (exact) mass is 456 g/mol. The number of carbonyl (C=O) groups excluding carboxylic acids is 1. The van der Waals surface area contributed by atoms with Crippen LogP contribution >= 0.6 is 0 Å². The zero-order chi connectivity index (χ0) is 23.7. The van der Waals surface area contributed by atoms with Crippen molar-refractivity contribution in [3.05, 3.63) is 102 Å². The molecule has 4 aromatic rings. The van der Waals surface area contributed by atoms with E-state index in [1.54, 1.807) is 6.07 Å². The van der Waals surface area contributed by atoms with Crippen molar-refractivity contribution in [3.8, 4) is 11.1 Å². The van der Waals surface area contributed by atoms with Gasteiger partial charge in [0.2, 0.25) is 0 Å². The van der Waals surface area contributed by atoms with E-state index in [0.29, 0.717) is 16.5 Å².